The smallest absolute Gasteiger partial charge is 0.305 e. The third-order valence-corrected chi connectivity index (χ3v) is 3.03. The Morgan fingerprint density at radius 3 is 1.77 bits per heavy atom. The standard InChI is InChI=1S/C16H28O6/c1-2-12-21-15(19)10-6-3-7-11-16(20)22-13-8-4-5-9-14(17)18/h2-13H2,1H3,(H,17,18). The van der Waals surface area contributed by atoms with Gasteiger partial charge in [0, 0.05) is 19.3 Å². The van der Waals surface area contributed by atoms with E-state index in [-0.39, 0.29) is 18.4 Å². The first-order valence-electron chi connectivity index (χ1n) is 8.09. The summed E-state index contributed by atoms with van der Waals surface area (Å²) in [6.45, 7) is 2.77. The number of rotatable bonds is 14. The van der Waals surface area contributed by atoms with E-state index in [4.69, 9.17) is 14.6 Å². The highest BCUT2D eigenvalue weighted by Gasteiger charge is 2.05. The lowest BCUT2D eigenvalue weighted by molar-refractivity contribution is -0.144. The number of hydrogen-bond donors (Lipinski definition) is 1. The molecule has 6 heteroatoms. The van der Waals surface area contributed by atoms with Crippen LogP contribution < -0.4 is 0 Å². The van der Waals surface area contributed by atoms with Crippen LogP contribution in [0.15, 0.2) is 0 Å². The molecule has 0 aliphatic rings. The molecule has 0 aromatic rings. The molecule has 0 unspecified atom stereocenters. The van der Waals surface area contributed by atoms with Crippen LogP contribution in [0.25, 0.3) is 0 Å². The molecule has 0 spiro atoms. The molecule has 0 aliphatic heterocycles. The number of ether oxygens (including phenoxy) is 2. The third kappa shape index (κ3) is 14.8. The Morgan fingerprint density at radius 2 is 1.23 bits per heavy atom. The summed E-state index contributed by atoms with van der Waals surface area (Å²) in [6.07, 6.45) is 6.04. The first-order valence-corrected chi connectivity index (χ1v) is 8.09. The monoisotopic (exact) mass is 316 g/mol. The lowest BCUT2D eigenvalue weighted by Gasteiger charge is -2.05. The molecule has 0 aliphatic carbocycles. The summed E-state index contributed by atoms with van der Waals surface area (Å²) in [5.74, 6) is -1.20. The van der Waals surface area contributed by atoms with Gasteiger partial charge in [-0.25, -0.2) is 0 Å². The van der Waals surface area contributed by atoms with Gasteiger partial charge >= 0.3 is 17.9 Å². The minimum absolute atomic E-state index is 0.161. The molecule has 0 atom stereocenters. The normalized spacial score (nSPS) is 10.2. The van der Waals surface area contributed by atoms with E-state index in [1.54, 1.807) is 0 Å². The van der Waals surface area contributed by atoms with E-state index < -0.39 is 5.97 Å². The van der Waals surface area contributed by atoms with Gasteiger partial charge in [0.1, 0.15) is 0 Å². The number of carbonyl (C=O) groups excluding carboxylic acids is 2. The molecule has 0 saturated carbocycles. The molecular weight excluding hydrogens is 288 g/mol. The molecule has 1 N–H and O–H groups in total. The maximum atomic E-state index is 11.4. The van der Waals surface area contributed by atoms with Gasteiger partial charge in [-0.15, -0.1) is 0 Å². The fourth-order valence-electron chi connectivity index (χ4n) is 1.82. The van der Waals surface area contributed by atoms with Crippen molar-refractivity contribution in [1.82, 2.24) is 0 Å². The molecule has 0 aromatic carbocycles. The zero-order valence-electron chi connectivity index (χ0n) is 13.5. The second-order valence-electron chi connectivity index (χ2n) is 5.21. The van der Waals surface area contributed by atoms with Crippen LogP contribution >= 0.6 is 0 Å². The van der Waals surface area contributed by atoms with E-state index in [1.807, 2.05) is 6.92 Å². The molecule has 0 amide bonds. The Morgan fingerprint density at radius 1 is 0.727 bits per heavy atom. The largest absolute Gasteiger partial charge is 0.481 e. The van der Waals surface area contributed by atoms with Gasteiger partial charge in [-0.3, -0.25) is 14.4 Å². The molecule has 128 valence electrons. The van der Waals surface area contributed by atoms with Gasteiger partial charge < -0.3 is 14.6 Å². The van der Waals surface area contributed by atoms with E-state index in [0.29, 0.717) is 45.3 Å². The van der Waals surface area contributed by atoms with Gasteiger partial charge in [-0.1, -0.05) is 13.3 Å². The van der Waals surface area contributed by atoms with Crippen LogP contribution in [-0.2, 0) is 23.9 Å². The van der Waals surface area contributed by atoms with E-state index >= 15 is 0 Å². The summed E-state index contributed by atoms with van der Waals surface area (Å²) in [4.78, 5) is 32.9. The van der Waals surface area contributed by atoms with E-state index in [2.05, 4.69) is 0 Å². The summed E-state index contributed by atoms with van der Waals surface area (Å²) < 4.78 is 10.0. The molecule has 0 rings (SSSR count). The second-order valence-corrected chi connectivity index (χ2v) is 5.21. The molecule has 0 fully saturated rings. The number of esters is 2. The van der Waals surface area contributed by atoms with Crippen LogP contribution in [0.2, 0.25) is 0 Å². The van der Waals surface area contributed by atoms with E-state index in [1.165, 1.54) is 0 Å². The first-order chi connectivity index (χ1) is 10.6. The molecule has 0 bridgehead atoms. The Hall–Kier alpha value is -1.59. The Balaban J connectivity index is 3.32. The summed E-state index contributed by atoms with van der Waals surface area (Å²) >= 11 is 0. The van der Waals surface area contributed by atoms with Gasteiger partial charge in [-0.05, 0) is 38.5 Å². The SMILES string of the molecule is CCCOC(=O)CCCCCC(=O)OCCCCCC(=O)O. The van der Waals surface area contributed by atoms with Crippen LogP contribution in [0.1, 0.15) is 71.1 Å². The predicted molar refractivity (Wildman–Crippen MR) is 81.4 cm³/mol. The summed E-state index contributed by atoms with van der Waals surface area (Å²) in [7, 11) is 0. The van der Waals surface area contributed by atoms with Crippen LogP contribution in [0, 0.1) is 0 Å². The number of unbranched alkanes of at least 4 members (excludes halogenated alkanes) is 4. The minimum Gasteiger partial charge on any atom is -0.481 e. The van der Waals surface area contributed by atoms with Crippen molar-refractivity contribution in [2.24, 2.45) is 0 Å². The average molecular weight is 316 g/mol. The third-order valence-electron chi connectivity index (χ3n) is 3.03. The molecular formula is C16H28O6. The quantitative estimate of drug-likeness (QED) is 0.391. The Bertz CT molecular complexity index is 327. The zero-order valence-corrected chi connectivity index (χ0v) is 13.5. The van der Waals surface area contributed by atoms with Gasteiger partial charge in [0.15, 0.2) is 0 Å². The average Bonchev–Trinajstić information content (AvgIpc) is 2.48. The van der Waals surface area contributed by atoms with Crippen LogP contribution in [0.4, 0.5) is 0 Å². The molecule has 0 heterocycles. The molecule has 22 heavy (non-hydrogen) atoms. The van der Waals surface area contributed by atoms with Crippen molar-refractivity contribution in [2.75, 3.05) is 13.2 Å². The highest BCUT2D eigenvalue weighted by Crippen LogP contribution is 2.06. The van der Waals surface area contributed by atoms with Crippen LogP contribution in [0.3, 0.4) is 0 Å². The van der Waals surface area contributed by atoms with Gasteiger partial charge in [-0.2, -0.15) is 0 Å². The summed E-state index contributed by atoms with van der Waals surface area (Å²) in [6, 6.07) is 0. The predicted octanol–water partition coefficient (Wildman–Crippen LogP) is 3.08. The van der Waals surface area contributed by atoms with Gasteiger partial charge in [0.05, 0.1) is 13.2 Å². The molecule has 0 saturated heterocycles. The van der Waals surface area contributed by atoms with Crippen molar-refractivity contribution in [1.29, 1.82) is 0 Å². The maximum Gasteiger partial charge on any atom is 0.305 e. The van der Waals surface area contributed by atoms with Crippen LogP contribution in [0.5, 0.6) is 0 Å². The van der Waals surface area contributed by atoms with E-state index in [0.717, 1.165) is 25.7 Å². The van der Waals surface area contributed by atoms with Crippen molar-refractivity contribution in [2.45, 2.75) is 71.1 Å². The number of carboxylic acid groups (broad SMARTS) is 1. The van der Waals surface area contributed by atoms with Crippen molar-refractivity contribution >= 4 is 17.9 Å². The molecule has 0 aromatic heterocycles. The number of hydrogen-bond acceptors (Lipinski definition) is 5. The summed E-state index contributed by atoms with van der Waals surface area (Å²) in [5, 5.41) is 8.46. The summed E-state index contributed by atoms with van der Waals surface area (Å²) in [5.41, 5.74) is 0. The van der Waals surface area contributed by atoms with Gasteiger partial charge in [0.2, 0.25) is 0 Å². The van der Waals surface area contributed by atoms with Crippen molar-refractivity contribution in [3.8, 4) is 0 Å². The lowest BCUT2D eigenvalue weighted by atomic mass is 10.1. The van der Waals surface area contributed by atoms with E-state index in [9.17, 15) is 14.4 Å². The lowest BCUT2D eigenvalue weighted by Crippen LogP contribution is -2.07. The van der Waals surface area contributed by atoms with Gasteiger partial charge in [0.25, 0.3) is 0 Å². The Kier molecular flexibility index (Phi) is 13.3. The van der Waals surface area contributed by atoms with Crippen LogP contribution in [-0.4, -0.2) is 36.2 Å². The molecule has 0 radical (unpaired) electrons. The minimum atomic E-state index is -0.796. The second kappa shape index (κ2) is 14.4. The number of carbonyl (C=O) groups is 3. The molecule has 6 nitrogen and oxygen atoms in total. The van der Waals surface area contributed by atoms with Crippen molar-refractivity contribution < 1.29 is 29.0 Å². The van der Waals surface area contributed by atoms with Crippen molar-refractivity contribution in [3.05, 3.63) is 0 Å². The highest BCUT2D eigenvalue weighted by atomic mass is 16.5. The fraction of sp³-hybridized carbons (Fsp3) is 0.812. The highest BCUT2D eigenvalue weighted by molar-refractivity contribution is 5.69. The first kappa shape index (κ1) is 20.4. The number of carboxylic acids is 1. The topological polar surface area (TPSA) is 89.9 Å². The zero-order chi connectivity index (χ0) is 16.6. The van der Waals surface area contributed by atoms with Crippen molar-refractivity contribution in [3.63, 3.8) is 0 Å². The number of aliphatic carboxylic acids is 1. The fourth-order valence-corrected chi connectivity index (χ4v) is 1.82. The maximum absolute atomic E-state index is 11.4. The Labute approximate surface area is 132 Å².